The van der Waals surface area contributed by atoms with Crippen molar-refractivity contribution in [1.29, 1.82) is 0 Å². The van der Waals surface area contributed by atoms with Gasteiger partial charge in [0.15, 0.2) is 0 Å². The normalized spacial score (nSPS) is 21.1. The van der Waals surface area contributed by atoms with Crippen LogP contribution in [0.25, 0.3) is 0 Å². The average Bonchev–Trinajstić information content (AvgIpc) is 2.70. The summed E-state index contributed by atoms with van der Waals surface area (Å²) in [6.45, 7) is 2.15. The summed E-state index contributed by atoms with van der Waals surface area (Å²) in [5.74, 6) is 0. The third kappa shape index (κ3) is 1.53. The van der Waals surface area contributed by atoms with Crippen LogP contribution in [0.1, 0.15) is 18.4 Å². The molecule has 0 bridgehead atoms. The van der Waals surface area contributed by atoms with E-state index in [2.05, 4.69) is 16.4 Å². The molecule has 3 heterocycles. The topological polar surface area (TPSA) is 65.5 Å². The van der Waals surface area contributed by atoms with E-state index in [1.54, 1.807) is 0 Å². The second-order valence-corrected chi connectivity index (χ2v) is 4.82. The molecule has 3 rings (SSSR count). The molecular weight excluding hydrogens is 218 g/mol. The van der Waals surface area contributed by atoms with Crippen molar-refractivity contribution in [3.05, 3.63) is 24.0 Å². The molecule has 2 aliphatic heterocycles. The van der Waals surface area contributed by atoms with E-state index < -0.39 is 6.09 Å². The molecule has 0 unspecified atom stereocenters. The van der Waals surface area contributed by atoms with E-state index in [1.807, 2.05) is 12.4 Å². The Morgan fingerprint density at radius 2 is 2.24 bits per heavy atom. The highest BCUT2D eigenvalue weighted by Crippen LogP contribution is 2.43. The van der Waals surface area contributed by atoms with Gasteiger partial charge in [-0.1, -0.05) is 0 Å². The first-order valence-corrected chi connectivity index (χ1v) is 5.88. The minimum Gasteiger partial charge on any atom is -0.465 e. The predicted octanol–water partition coefficient (Wildman–Crippen LogP) is 1.52. The van der Waals surface area contributed by atoms with Gasteiger partial charge >= 0.3 is 6.09 Å². The summed E-state index contributed by atoms with van der Waals surface area (Å²) in [6, 6.07) is 2.06. The van der Waals surface area contributed by atoms with Crippen LogP contribution < -0.4 is 5.32 Å². The number of nitrogens with one attached hydrogen (secondary N) is 1. The van der Waals surface area contributed by atoms with Crippen molar-refractivity contribution in [2.75, 3.05) is 25.0 Å². The maximum atomic E-state index is 10.9. The Labute approximate surface area is 99.5 Å². The molecule has 0 atom stereocenters. The van der Waals surface area contributed by atoms with Gasteiger partial charge in [0.2, 0.25) is 0 Å². The van der Waals surface area contributed by atoms with Crippen molar-refractivity contribution in [3.8, 4) is 0 Å². The van der Waals surface area contributed by atoms with Gasteiger partial charge in [-0.3, -0.25) is 4.98 Å². The molecule has 0 saturated carbocycles. The van der Waals surface area contributed by atoms with Crippen LogP contribution in [-0.4, -0.2) is 40.7 Å². The molecule has 2 aliphatic rings. The summed E-state index contributed by atoms with van der Waals surface area (Å²) >= 11 is 0. The summed E-state index contributed by atoms with van der Waals surface area (Å²) in [4.78, 5) is 16.5. The van der Waals surface area contributed by atoms with Crippen molar-refractivity contribution in [2.24, 2.45) is 0 Å². The molecule has 0 aromatic carbocycles. The zero-order valence-electron chi connectivity index (χ0n) is 9.52. The van der Waals surface area contributed by atoms with Crippen molar-refractivity contribution in [2.45, 2.75) is 18.3 Å². The van der Waals surface area contributed by atoms with Crippen LogP contribution in [0.3, 0.4) is 0 Å². The van der Waals surface area contributed by atoms with Crippen LogP contribution in [0.5, 0.6) is 0 Å². The summed E-state index contributed by atoms with van der Waals surface area (Å²) < 4.78 is 0. The van der Waals surface area contributed by atoms with E-state index >= 15 is 0 Å². The Morgan fingerprint density at radius 1 is 1.47 bits per heavy atom. The molecular formula is C12H15N3O2. The Morgan fingerprint density at radius 3 is 2.94 bits per heavy atom. The zero-order valence-corrected chi connectivity index (χ0v) is 9.52. The molecule has 0 aliphatic carbocycles. The third-order valence-electron chi connectivity index (χ3n) is 4.00. The molecule has 5 heteroatoms. The first kappa shape index (κ1) is 10.4. The maximum Gasteiger partial charge on any atom is 0.407 e. The lowest BCUT2D eigenvalue weighted by atomic mass is 9.74. The first-order chi connectivity index (χ1) is 8.21. The van der Waals surface area contributed by atoms with Crippen molar-refractivity contribution in [1.82, 2.24) is 9.88 Å². The minimum atomic E-state index is -0.805. The molecule has 1 amide bonds. The summed E-state index contributed by atoms with van der Waals surface area (Å²) in [5.41, 5.74) is 2.53. The Kier molecular flexibility index (Phi) is 2.21. The van der Waals surface area contributed by atoms with Crippen LogP contribution >= 0.6 is 0 Å². The number of carboxylic acid groups (broad SMARTS) is 1. The van der Waals surface area contributed by atoms with E-state index in [0.717, 1.165) is 25.1 Å². The number of fused-ring (bicyclic) bond motifs is 2. The zero-order chi connectivity index (χ0) is 11.9. The van der Waals surface area contributed by atoms with Crippen molar-refractivity contribution in [3.63, 3.8) is 0 Å². The van der Waals surface area contributed by atoms with Gasteiger partial charge in [-0.2, -0.15) is 0 Å². The number of hydrogen-bond acceptors (Lipinski definition) is 3. The molecule has 1 aromatic heterocycles. The van der Waals surface area contributed by atoms with Gasteiger partial charge in [0.05, 0.1) is 11.9 Å². The lowest BCUT2D eigenvalue weighted by molar-refractivity contribution is 0.119. The van der Waals surface area contributed by atoms with Crippen LogP contribution in [-0.2, 0) is 5.41 Å². The summed E-state index contributed by atoms with van der Waals surface area (Å²) in [6.07, 6.45) is 4.65. The number of pyridine rings is 1. The van der Waals surface area contributed by atoms with E-state index in [9.17, 15) is 4.79 Å². The number of carbonyl (C=O) groups is 1. The van der Waals surface area contributed by atoms with Gasteiger partial charge in [-0.05, 0) is 24.5 Å². The van der Waals surface area contributed by atoms with Crippen LogP contribution in [0.15, 0.2) is 18.5 Å². The summed E-state index contributed by atoms with van der Waals surface area (Å²) in [7, 11) is 0. The van der Waals surface area contributed by atoms with Gasteiger partial charge in [-0.25, -0.2) is 4.79 Å². The van der Waals surface area contributed by atoms with Gasteiger partial charge in [-0.15, -0.1) is 0 Å². The van der Waals surface area contributed by atoms with Gasteiger partial charge < -0.3 is 15.3 Å². The summed E-state index contributed by atoms with van der Waals surface area (Å²) in [5, 5.41) is 12.3. The number of rotatable bonds is 0. The molecule has 90 valence electrons. The molecule has 2 N–H and O–H groups in total. The second kappa shape index (κ2) is 3.61. The second-order valence-electron chi connectivity index (χ2n) is 4.82. The SMILES string of the molecule is O=C(O)N1CCC2(CC1)CNc1cnccc12. The molecule has 1 spiro atoms. The number of hydrogen-bond donors (Lipinski definition) is 2. The molecule has 5 nitrogen and oxygen atoms in total. The number of nitrogens with zero attached hydrogens (tertiary/aromatic N) is 2. The van der Waals surface area contributed by atoms with Gasteiger partial charge in [0.25, 0.3) is 0 Å². The minimum absolute atomic E-state index is 0.115. The van der Waals surface area contributed by atoms with E-state index in [0.29, 0.717) is 13.1 Å². The maximum absolute atomic E-state index is 10.9. The van der Waals surface area contributed by atoms with E-state index in [4.69, 9.17) is 5.11 Å². The van der Waals surface area contributed by atoms with Crippen LogP contribution in [0.4, 0.5) is 10.5 Å². The van der Waals surface area contributed by atoms with E-state index in [1.165, 1.54) is 10.5 Å². The van der Waals surface area contributed by atoms with Gasteiger partial charge in [0, 0.05) is 31.2 Å². The molecule has 1 fully saturated rings. The fraction of sp³-hybridized carbons (Fsp3) is 0.500. The predicted molar refractivity (Wildman–Crippen MR) is 63.2 cm³/mol. The van der Waals surface area contributed by atoms with Crippen LogP contribution in [0.2, 0.25) is 0 Å². The highest BCUT2D eigenvalue weighted by atomic mass is 16.4. The highest BCUT2D eigenvalue weighted by Gasteiger charge is 2.42. The lowest BCUT2D eigenvalue weighted by Gasteiger charge is -2.38. The number of anilines is 1. The van der Waals surface area contributed by atoms with Crippen LogP contribution in [0, 0.1) is 0 Å². The molecule has 1 saturated heterocycles. The quantitative estimate of drug-likeness (QED) is 0.713. The van der Waals surface area contributed by atoms with Crippen molar-refractivity contribution < 1.29 is 9.90 Å². The highest BCUT2D eigenvalue weighted by molar-refractivity contribution is 5.66. The first-order valence-electron chi connectivity index (χ1n) is 5.88. The fourth-order valence-electron chi connectivity index (χ4n) is 2.93. The standard InChI is InChI=1S/C12H15N3O2/c16-11(17)15-5-2-12(3-6-15)8-14-10-7-13-4-1-9(10)12/h1,4,7,14H,2-3,5-6,8H2,(H,16,17). The monoisotopic (exact) mass is 233 g/mol. The largest absolute Gasteiger partial charge is 0.465 e. The lowest BCUT2D eigenvalue weighted by Crippen LogP contribution is -2.45. The van der Waals surface area contributed by atoms with Gasteiger partial charge in [0.1, 0.15) is 0 Å². The van der Waals surface area contributed by atoms with E-state index in [-0.39, 0.29) is 5.41 Å². The smallest absolute Gasteiger partial charge is 0.407 e. The van der Waals surface area contributed by atoms with Crippen molar-refractivity contribution >= 4 is 11.8 Å². The third-order valence-corrected chi connectivity index (χ3v) is 4.00. The Balaban J connectivity index is 1.85. The number of likely N-dealkylation sites (tertiary alicyclic amines) is 1. The Hall–Kier alpha value is -1.78. The number of aromatic nitrogens is 1. The molecule has 0 radical (unpaired) electrons. The Bertz CT molecular complexity index is 453. The number of piperidine rings is 1. The number of amides is 1. The molecule has 1 aromatic rings. The fourth-order valence-corrected chi connectivity index (χ4v) is 2.93. The molecule has 17 heavy (non-hydrogen) atoms. The average molecular weight is 233 g/mol.